The van der Waals surface area contributed by atoms with Crippen LogP contribution in [-0.4, -0.2) is 66.1 Å². The number of nitrogens with zero attached hydrogens (tertiary/aromatic N) is 3. The smallest absolute Gasteiger partial charge is 0.256 e. The Balaban J connectivity index is 1.53. The number of likely N-dealkylation sites (tertiary alicyclic amines) is 1. The molecule has 7 nitrogen and oxygen atoms in total. The van der Waals surface area contributed by atoms with Gasteiger partial charge in [0.15, 0.2) is 5.11 Å². The molecule has 0 bridgehead atoms. The van der Waals surface area contributed by atoms with Crippen LogP contribution in [0.1, 0.15) is 26.2 Å². The van der Waals surface area contributed by atoms with Gasteiger partial charge in [-0.1, -0.05) is 30.1 Å². The molecule has 0 aromatic heterocycles. The van der Waals surface area contributed by atoms with Crippen molar-refractivity contribution >= 4 is 63.7 Å². The van der Waals surface area contributed by atoms with Gasteiger partial charge < -0.3 is 19.9 Å². The molecule has 2 amide bonds. The molecule has 0 radical (unpaired) electrons. The maximum Gasteiger partial charge on any atom is 0.256 e. The van der Waals surface area contributed by atoms with E-state index in [0.29, 0.717) is 38.8 Å². The molecular formula is C26H30Cl2N4O3S. The number of anilines is 2. The Kier molecular flexibility index (Phi) is 8.72. The number of methoxy groups -OCH3 is 1. The number of thiocarbonyl (C=S) groups is 1. The van der Waals surface area contributed by atoms with E-state index in [-0.39, 0.29) is 18.2 Å². The van der Waals surface area contributed by atoms with Gasteiger partial charge in [0, 0.05) is 23.8 Å². The predicted octanol–water partition coefficient (Wildman–Crippen LogP) is 5.06. The first-order valence-electron chi connectivity index (χ1n) is 12.0. The minimum Gasteiger partial charge on any atom is -0.495 e. The van der Waals surface area contributed by atoms with Gasteiger partial charge in [0.2, 0.25) is 5.91 Å². The first kappa shape index (κ1) is 26.7. The fourth-order valence-electron chi connectivity index (χ4n) is 4.58. The van der Waals surface area contributed by atoms with Crippen LogP contribution in [0.25, 0.3) is 0 Å². The highest BCUT2D eigenvalue weighted by molar-refractivity contribution is 7.80. The van der Waals surface area contributed by atoms with Crippen molar-refractivity contribution in [1.82, 2.24) is 9.80 Å². The molecule has 2 aliphatic rings. The van der Waals surface area contributed by atoms with Gasteiger partial charge in [-0.05, 0) is 86.5 Å². The standard InChI is InChI=1S/C26H30Cl2N4O3S/c1-17-9-11-30(12-10-17)13-14-31-22(16-24(33)29-19-5-3-18(27)4-6-19)25(34)32(26(31)36)20-7-8-23(35-2)21(28)15-20/h3-8,15,17,22H,9-14,16H2,1-2H3,(H,29,33)/t22-/m0/s1. The summed E-state index contributed by atoms with van der Waals surface area (Å²) >= 11 is 18.1. The van der Waals surface area contributed by atoms with E-state index in [0.717, 1.165) is 38.4 Å². The molecule has 10 heteroatoms. The van der Waals surface area contributed by atoms with E-state index in [1.807, 2.05) is 4.90 Å². The van der Waals surface area contributed by atoms with Crippen LogP contribution in [0, 0.1) is 5.92 Å². The molecule has 4 rings (SSSR count). The summed E-state index contributed by atoms with van der Waals surface area (Å²) in [5, 5.41) is 4.18. The maximum atomic E-state index is 13.6. The van der Waals surface area contributed by atoms with Crippen molar-refractivity contribution in [3.8, 4) is 5.75 Å². The number of hydrogen-bond acceptors (Lipinski definition) is 5. The van der Waals surface area contributed by atoms with E-state index in [1.54, 1.807) is 42.5 Å². The highest BCUT2D eigenvalue weighted by Crippen LogP contribution is 2.33. The van der Waals surface area contributed by atoms with Crippen molar-refractivity contribution in [3.05, 3.63) is 52.5 Å². The molecule has 0 saturated carbocycles. The van der Waals surface area contributed by atoms with E-state index in [2.05, 4.69) is 17.1 Å². The number of benzene rings is 2. The molecule has 0 spiro atoms. The van der Waals surface area contributed by atoms with E-state index in [9.17, 15) is 9.59 Å². The monoisotopic (exact) mass is 548 g/mol. The van der Waals surface area contributed by atoms with E-state index >= 15 is 0 Å². The lowest BCUT2D eigenvalue weighted by Gasteiger charge is -2.32. The number of ether oxygens (including phenoxy) is 1. The predicted molar refractivity (Wildman–Crippen MR) is 148 cm³/mol. The van der Waals surface area contributed by atoms with Crippen molar-refractivity contribution < 1.29 is 14.3 Å². The largest absolute Gasteiger partial charge is 0.495 e. The molecule has 192 valence electrons. The number of amides is 2. The molecule has 1 atom stereocenters. The summed E-state index contributed by atoms with van der Waals surface area (Å²) in [7, 11) is 1.53. The third-order valence-corrected chi connectivity index (χ3v) is 7.72. The molecule has 2 saturated heterocycles. The summed E-state index contributed by atoms with van der Waals surface area (Å²) < 4.78 is 5.24. The lowest BCUT2D eigenvalue weighted by atomic mass is 9.99. The minimum atomic E-state index is -0.714. The first-order chi connectivity index (χ1) is 17.3. The molecule has 2 aromatic carbocycles. The average Bonchev–Trinajstić information content (AvgIpc) is 3.08. The number of carbonyl (C=O) groups excluding carboxylic acids is 2. The van der Waals surface area contributed by atoms with Gasteiger partial charge >= 0.3 is 0 Å². The Morgan fingerprint density at radius 1 is 1.11 bits per heavy atom. The Morgan fingerprint density at radius 2 is 1.81 bits per heavy atom. The van der Waals surface area contributed by atoms with Crippen LogP contribution in [0.3, 0.4) is 0 Å². The normalized spacial score (nSPS) is 19.2. The van der Waals surface area contributed by atoms with E-state index in [1.165, 1.54) is 12.0 Å². The number of halogens is 2. The second-order valence-electron chi connectivity index (χ2n) is 9.27. The van der Waals surface area contributed by atoms with Crippen molar-refractivity contribution in [2.24, 2.45) is 5.92 Å². The molecular weight excluding hydrogens is 519 g/mol. The first-order valence-corrected chi connectivity index (χ1v) is 13.2. The van der Waals surface area contributed by atoms with Crippen LogP contribution in [0.15, 0.2) is 42.5 Å². The summed E-state index contributed by atoms with van der Waals surface area (Å²) in [6, 6.07) is 11.2. The second-order valence-corrected chi connectivity index (χ2v) is 10.5. The maximum absolute atomic E-state index is 13.6. The third-order valence-electron chi connectivity index (χ3n) is 6.75. The van der Waals surface area contributed by atoms with Crippen molar-refractivity contribution in [2.45, 2.75) is 32.2 Å². The van der Waals surface area contributed by atoms with E-state index < -0.39 is 6.04 Å². The third kappa shape index (κ3) is 6.11. The SMILES string of the molecule is COc1ccc(N2C(=O)[C@H](CC(=O)Nc3ccc(Cl)cc3)N(CCN3CCC(C)CC3)C2=S)cc1Cl. The number of piperidine rings is 1. The van der Waals surface area contributed by atoms with Gasteiger partial charge in [0.1, 0.15) is 11.8 Å². The summed E-state index contributed by atoms with van der Waals surface area (Å²) in [4.78, 5) is 32.3. The Labute approximate surface area is 227 Å². The van der Waals surface area contributed by atoms with Crippen LogP contribution in [-0.2, 0) is 9.59 Å². The zero-order valence-electron chi connectivity index (χ0n) is 20.4. The van der Waals surface area contributed by atoms with Crippen LogP contribution in [0.4, 0.5) is 11.4 Å². The fraction of sp³-hybridized carbons (Fsp3) is 0.423. The van der Waals surface area contributed by atoms with Crippen molar-refractivity contribution in [1.29, 1.82) is 0 Å². The van der Waals surface area contributed by atoms with Gasteiger partial charge in [-0.2, -0.15) is 0 Å². The van der Waals surface area contributed by atoms with Crippen LogP contribution in [0.2, 0.25) is 10.0 Å². The van der Waals surface area contributed by atoms with Crippen LogP contribution >= 0.6 is 35.4 Å². The summed E-state index contributed by atoms with van der Waals surface area (Å²) in [5.41, 5.74) is 1.17. The molecule has 36 heavy (non-hydrogen) atoms. The van der Waals surface area contributed by atoms with Crippen molar-refractivity contribution in [3.63, 3.8) is 0 Å². The lowest BCUT2D eigenvalue weighted by molar-refractivity contribution is -0.124. The van der Waals surface area contributed by atoms with Gasteiger partial charge in [0.05, 0.1) is 24.2 Å². The molecule has 2 aliphatic heterocycles. The Bertz CT molecular complexity index is 1120. The quantitative estimate of drug-likeness (QED) is 0.465. The molecule has 1 N–H and O–H groups in total. The highest BCUT2D eigenvalue weighted by Gasteiger charge is 2.44. The fourth-order valence-corrected chi connectivity index (χ4v) is 5.37. The summed E-state index contributed by atoms with van der Waals surface area (Å²) in [6.45, 7) is 5.65. The molecule has 0 aliphatic carbocycles. The Hall–Kier alpha value is -2.39. The number of hydrogen-bond donors (Lipinski definition) is 1. The topological polar surface area (TPSA) is 65.1 Å². The van der Waals surface area contributed by atoms with Crippen LogP contribution in [0.5, 0.6) is 5.75 Å². The van der Waals surface area contributed by atoms with Gasteiger partial charge in [0.25, 0.3) is 5.91 Å². The number of nitrogens with one attached hydrogen (secondary N) is 1. The second kappa shape index (κ2) is 11.8. The highest BCUT2D eigenvalue weighted by atomic mass is 35.5. The van der Waals surface area contributed by atoms with Gasteiger partial charge in [-0.25, -0.2) is 0 Å². The van der Waals surface area contributed by atoms with Gasteiger partial charge in [-0.15, -0.1) is 0 Å². The molecule has 2 heterocycles. The molecule has 0 unspecified atom stereocenters. The molecule has 2 fully saturated rings. The zero-order chi connectivity index (χ0) is 25.8. The summed E-state index contributed by atoms with van der Waals surface area (Å²) in [6.07, 6.45) is 2.29. The van der Waals surface area contributed by atoms with E-state index in [4.69, 9.17) is 40.2 Å². The van der Waals surface area contributed by atoms with Crippen LogP contribution < -0.4 is 15.0 Å². The molecule has 2 aromatic rings. The zero-order valence-corrected chi connectivity index (χ0v) is 22.7. The van der Waals surface area contributed by atoms with Crippen molar-refractivity contribution in [2.75, 3.05) is 43.5 Å². The Morgan fingerprint density at radius 3 is 2.44 bits per heavy atom. The minimum absolute atomic E-state index is 0.0287. The average molecular weight is 550 g/mol. The lowest BCUT2D eigenvalue weighted by Crippen LogP contribution is -2.44. The number of rotatable bonds is 8. The van der Waals surface area contributed by atoms with Gasteiger partial charge in [-0.3, -0.25) is 14.5 Å². The summed E-state index contributed by atoms with van der Waals surface area (Å²) in [5.74, 6) is 0.716. The number of carbonyl (C=O) groups is 2.